The Morgan fingerprint density at radius 2 is 1.85 bits per heavy atom. The molecule has 1 aromatic rings. The molecule has 0 aliphatic heterocycles. The van der Waals surface area contributed by atoms with E-state index in [0.29, 0.717) is 12.1 Å². The van der Waals surface area contributed by atoms with E-state index in [1.807, 2.05) is 30.8 Å². The molecule has 110 valence electrons. The highest BCUT2D eigenvalue weighted by Crippen LogP contribution is 2.14. The summed E-state index contributed by atoms with van der Waals surface area (Å²) in [5.74, 6) is 0.786. The summed E-state index contributed by atoms with van der Waals surface area (Å²) in [6, 6.07) is 7.42. The van der Waals surface area contributed by atoms with Crippen LogP contribution in [-0.4, -0.2) is 40.7 Å². The maximum atomic E-state index is 12.3. The Bertz CT molecular complexity index is 445. The first-order valence-electron chi connectivity index (χ1n) is 6.76. The minimum absolute atomic E-state index is 0.219. The number of nitrogens with zero attached hydrogens (tertiary/aromatic N) is 1. The monoisotopic (exact) mass is 295 g/mol. The predicted octanol–water partition coefficient (Wildman–Crippen LogP) is 2.88. The Morgan fingerprint density at radius 1 is 1.20 bits per heavy atom. The average Bonchev–Trinajstić information content (AvgIpc) is 2.44. The Morgan fingerprint density at radius 3 is 2.35 bits per heavy atom. The third-order valence-electron chi connectivity index (χ3n) is 2.78. The number of carbonyl (C=O) groups is 2. The zero-order valence-electron chi connectivity index (χ0n) is 12.0. The van der Waals surface area contributed by atoms with Crippen LogP contribution >= 0.6 is 11.8 Å². The minimum Gasteiger partial charge on any atom is -0.480 e. The quantitative estimate of drug-likeness (QED) is 0.801. The van der Waals surface area contributed by atoms with Gasteiger partial charge in [0.2, 0.25) is 0 Å². The van der Waals surface area contributed by atoms with Crippen LogP contribution < -0.4 is 0 Å². The first-order valence-corrected chi connectivity index (χ1v) is 7.91. The molecule has 0 heterocycles. The molecular formula is C15H21NO3S. The van der Waals surface area contributed by atoms with Gasteiger partial charge in [-0.15, -0.1) is 0 Å². The lowest BCUT2D eigenvalue weighted by atomic mass is 10.1. The molecule has 0 aliphatic rings. The molecule has 1 amide bonds. The lowest BCUT2D eigenvalue weighted by Crippen LogP contribution is -2.36. The van der Waals surface area contributed by atoms with Crippen LogP contribution in [0.3, 0.4) is 0 Å². The summed E-state index contributed by atoms with van der Waals surface area (Å²) in [7, 11) is 0. The van der Waals surface area contributed by atoms with Gasteiger partial charge >= 0.3 is 5.97 Å². The molecule has 0 saturated heterocycles. The van der Waals surface area contributed by atoms with E-state index in [-0.39, 0.29) is 12.5 Å². The fourth-order valence-corrected chi connectivity index (χ4v) is 2.46. The second kappa shape index (κ2) is 8.64. The highest BCUT2D eigenvalue weighted by molar-refractivity contribution is 7.98. The van der Waals surface area contributed by atoms with Crippen molar-refractivity contribution in [3.8, 4) is 0 Å². The van der Waals surface area contributed by atoms with Gasteiger partial charge in [0.15, 0.2) is 0 Å². The molecule has 0 unspecified atom stereocenters. The minimum atomic E-state index is -0.984. The van der Waals surface area contributed by atoms with Gasteiger partial charge < -0.3 is 10.0 Å². The fourth-order valence-electron chi connectivity index (χ4n) is 1.83. The summed E-state index contributed by atoms with van der Waals surface area (Å²) in [5.41, 5.74) is 1.72. The largest absolute Gasteiger partial charge is 0.480 e. The van der Waals surface area contributed by atoms with Crippen molar-refractivity contribution in [3.05, 3.63) is 35.4 Å². The molecule has 0 bridgehead atoms. The van der Waals surface area contributed by atoms with Crippen LogP contribution in [0, 0.1) is 0 Å². The van der Waals surface area contributed by atoms with Gasteiger partial charge in [0.1, 0.15) is 6.54 Å². The first-order chi connectivity index (χ1) is 9.58. The van der Waals surface area contributed by atoms with Crippen molar-refractivity contribution in [1.29, 1.82) is 0 Å². The second-order valence-electron chi connectivity index (χ2n) is 4.45. The number of hydrogen-bond donors (Lipinski definition) is 1. The molecule has 4 nitrogen and oxygen atoms in total. The topological polar surface area (TPSA) is 57.6 Å². The third kappa shape index (κ3) is 5.25. The number of amides is 1. The number of carboxylic acid groups (broad SMARTS) is 1. The van der Waals surface area contributed by atoms with Gasteiger partial charge in [-0.05, 0) is 29.9 Å². The van der Waals surface area contributed by atoms with Gasteiger partial charge in [0.25, 0.3) is 5.91 Å². The van der Waals surface area contributed by atoms with Gasteiger partial charge in [0, 0.05) is 17.9 Å². The number of thioether (sulfide) groups is 1. The van der Waals surface area contributed by atoms with E-state index in [4.69, 9.17) is 5.11 Å². The van der Waals surface area contributed by atoms with Crippen molar-refractivity contribution in [2.45, 2.75) is 26.0 Å². The van der Waals surface area contributed by atoms with Gasteiger partial charge in [-0.2, -0.15) is 11.8 Å². The molecule has 0 radical (unpaired) electrons. The van der Waals surface area contributed by atoms with Gasteiger partial charge in [0.05, 0.1) is 0 Å². The summed E-state index contributed by atoms with van der Waals surface area (Å²) < 4.78 is 0. The molecule has 1 aromatic carbocycles. The van der Waals surface area contributed by atoms with Crippen molar-refractivity contribution < 1.29 is 14.7 Å². The van der Waals surface area contributed by atoms with Crippen molar-refractivity contribution in [1.82, 2.24) is 4.90 Å². The second-order valence-corrected chi connectivity index (χ2v) is 5.73. The van der Waals surface area contributed by atoms with E-state index < -0.39 is 5.97 Å². The molecule has 0 saturated carbocycles. The van der Waals surface area contributed by atoms with E-state index in [0.717, 1.165) is 17.9 Å². The maximum absolute atomic E-state index is 12.3. The van der Waals surface area contributed by atoms with Crippen LogP contribution in [0.15, 0.2) is 24.3 Å². The van der Waals surface area contributed by atoms with E-state index in [9.17, 15) is 9.59 Å². The van der Waals surface area contributed by atoms with Crippen LogP contribution in [0.5, 0.6) is 0 Å². The Hall–Kier alpha value is -1.49. The van der Waals surface area contributed by atoms with E-state index in [1.165, 1.54) is 10.5 Å². The van der Waals surface area contributed by atoms with Crippen molar-refractivity contribution >= 4 is 23.6 Å². The lowest BCUT2D eigenvalue weighted by molar-refractivity contribution is -0.137. The SMILES string of the molecule is CCCN(CC(=O)O)C(=O)c1ccc(CSCC)cc1. The summed E-state index contributed by atoms with van der Waals surface area (Å²) in [6.45, 7) is 4.24. The number of benzene rings is 1. The van der Waals surface area contributed by atoms with Crippen molar-refractivity contribution in [2.75, 3.05) is 18.8 Å². The molecular weight excluding hydrogens is 274 g/mol. The number of rotatable bonds is 8. The fraction of sp³-hybridized carbons (Fsp3) is 0.467. The van der Waals surface area contributed by atoms with E-state index >= 15 is 0 Å². The predicted molar refractivity (Wildman–Crippen MR) is 82.1 cm³/mol. The number of carboxylic acids is 1. The van der Waals surface area contributed by atoms with Crippen LogP contribution in [0.2, 0.25) is 0 Å². The normalized spacial score (nSPS) is 10.3. The first kappa shape index (κ1) is 16.6. The summed E-state index contributed by atoms with van der Waals surface area (Å²) in [5, 5.41) is 8.85. The molecule has 5 heteroatoms. The maximum Gasteiger partial charge on any atom is 0.323 e. The molecule has 0 spiro atoms. The summed E-state index contributed by atoms with van der Waals surface area (Å²) >= 11 is 1.83. The van der Waals surface area contributed by atoms with Crippen LogP contribution in [0.4, 0.5) is 0 Å². The van der Waals surface area contributed by atoms with Gasteiger partial charge in [-0.25, -0.2) is 0 Å². The van der Waals surface area contributed by atoms with Crippen molar-refractivity contribution in [2.24, 2.45) is 0 Å². The van der Waals surface area contributed by atoms with Crippen molar-refractivity contribution in [3.63, 3.8) is 0 Å². The summed E-state index contributed by atoms with van der Waals surface area (Å²) in [4.78, 5) is 24.4. The smallest absolute Gasteiger partial charge is 0.323 e. The Kier molecular flexibility index (Phi) is 7.15. The Balaban J connectivity index is 2.75. The molecule has 1 rings (SSSR count). The molecule has 0 fully saturated rings. The molecule has 0 aliphatic carbocycles. The van der Waals surface area contributed by atoms with Crippen LogP contribution in [-0.2, 0) is 10.5 Å². The van der Waals surface area contributed by atoms with Gasteiger partial charge in [-0.1, -0.05) is 26.0 Å². The zero-order chi connectivity index (χ0) is 15.0. The van der Waals surface area contributed by atoms with Gasteiger partial charge in [-0.3, -0.25) is 9.59 Å². The zero-order valence-corrected chi connectivity index (χ0v) is 12.8. The number of carbonyl (C=O) groups excluding carboxylic acids is 1. The number of hydrogen-bond acceptors (Lipinski definition) is 3. The molecule has 1 N–H and O–H groups in total. The van der Waals surface area contributed by atoms with E-state index in [2.05, 4.69) is 6.92 Å². The third-order valence-corrected chi connectivity index (χ3v) is 3.73. The molecule has 20 heavy (non-hydrogen) atoms. The Labute approximate surface area is 124 Å². The average molecular weight is 295 g/mol. The highest BCUT2D eigenvalue weighted by Gasteiger charge is 2.17. The molecule has 0 atom stereocenters. The molecule has 0 aromatic heterocycles. The highest BCUT2D eigenvalue weighted by atomic mass is 32.2. The standard InChI is InChI=1S/C15H21NO3S/c1-3-9-16(10-14(17)18)15(19)13-7-5-12(6-8-13)11-20-4-2/h5-8H,3-4,9-11H2,1-2H3,(H,17,18). The number of aliphatic carboxylic acids is 1. The van der Waals surface area contributed by atoms with Crippen LogP contribution in [0.1, 0.15) is 36.2 Å². The van der Waals surface area contributed by atoms with Crippen LogP contribution in [0.25, 0.3) is 0 Å². The lowest BCUT2D eigenvalue weighted by Gasteiger charge is -2.20. The summed E-state index contributed by atoms with van der Waals surface area (Å²) in [6.07, 6.45) is 0.740. The van der Waals surface area contributed by atoms with E-state index in [1.54, 1.807) is 12.1 Å².